The van der Waals surface area contributed by atoms with E-state index in [0.29, 0.717) is 12.1 Å². The van der Waals surface area contributed by atoms with Crippen molar-refractivity contribution in [1.82, 2.24) is 5.32 Å². The number of nitrogens with one attached hydrogen (secondary N) is 1. The Balaban J connectivity index is 2.71. The Morgan fingerprint density at radius 1 is 1.40 bits per heavy atom. The lowest BCUT2D eigenvalue weighted by Crippen LogP contribution is -2.24. The molecule has 1 N–H and O–H groups in total. The zero-order valence-electron chi connectivity index (χ0n) is 7.77. The third-order valence-electron chi connectivity index (χ3n) is 1.72. The first-order valence-corrected chi connectivity index (χ1v) is 5.76. The van der Waals surface area contributed by atoms with Crippen molar-refractivity contribution in [1.29, 1.82) is 0 Å². The molecule has 0 spiro atoms. The van der Waals surface area contributed by atoms with Crippen LogP contribution in [0.25, 0.3) is 0 Å². The van der Waals surface area contributed by atoms with E-state index in [4.69, 9.17) is 0 Å². The Kier molecular flexibility index (Phi) is 4.47. The molecular formula is C9H9IN2O3. The molecule has 0 atom stereocenters. The quantitative estimate of drug-likeness (QED) is 0.398. The molecule has 6 heteroatoms. The number of hydrogen-bond acceptors (Lipinski definition) is 3. The van der Waals surface area contributed by atoms with E-state index in [9.17, 15) is 14.9 Å². The summed E-state index contributed by atoms with van der Waals surface area (Å²) in [5.74, 6) is -0.207. The van der Waals surface area contributed by atoms with Gasteiger partial charge in [-0.05, 0) is 12.1 Å². The number of nitro groups is 1. The van der Waals surface area contributed by atoms with Crippen LogP contribution in [0.15, 0.2) is 24.3 Å². The van der Waals surface area contributed by atoms with Gasteiger partial charge in [-0.3, -0.25) is 14.9 Å². The molecule has 0 fully saturated rings. The van der Waals surface area contributed by atoms with Gasteiger partial charge in [-0.25, -0.2) is 0 Å². The van der Waals surface area contributed by atoms with Crippen LogP contribution in [-0.4, -0.2) is 21.8 Å². The summed E-state index contributed by atoms with van der Waals surface area (Å²) in [4.78, 5) is 21.3. The molecule has 0 aliphatic heterocycles. The zero-order valence-corrected chi connectivity index (χ0v) is 9.93. The van der Waals surface area contributed by atoms with E-state index in [-0.39, 0.29) is 11.6 Å². The molecule has 1 aromatic carbocycles. The second-order valence-electron chi connectivity index (χ2n) is 2.75. The van der Waals surface area contributed by atoms with Gasteiger partial charge < -0.3 is 5.32 Å². The molecule has 0 aromatic heterocycles. The maximum Gasteiger partial charge on any atom is 0.269 e. The van der Waals surface area contributed by atoms with Crippen molar-refractivity contribution in [2.75, 3.05) is 11.0 Å². The number of benzene rings is 1. The second kappa shape index (κ2) is 5.64. The number of halogens is 1. The summed E-state index contributed by atoms with van der Waals surface area (Å²) >= 11 is 2.15. The lowest BCUT2D eigenvalue weighted by molar-refractivity contribution is -0.384. The minimum absolute atomic E-state index is 0.0135. The first-order chi connectivity index (χ1) is 7.15. The summed E-state index contributed by atoms with van der Waals surface area (Å²) < 4.78 is 0.830. The van der Waals surface area contributed by atoms with Gasteiger partial charge in [0.05, 0.1) is 4.92 Å². The Morgan fingerprint density at radius 3 is 2.47 bits per heavy atom. The van der Waals surface area contributed by atoms with E-state index in [2.05, 4.69) is 27.9 Å². The van der Waals surface area contributed by atoms with Crippen molar-refractivity contribution < 1.29 is 9.72 Å². The van der Waals surface area contributed by atoms with Crippen LogP contribution in [0.5, 0.6) is 0 Å². The molecule has 0 radical (unpaired) electrons. The first-order valence-electron chi connectivity index (χ1n) is 4.24. The molecule has 0 unspecified atom stereocenters. The molecule has 0 bridgehead atoms. The Labute approximate surface area is 100 Å². The van der Waals surface area contributed by atoms with E-state index in [1.165, 1.54) is 24.3 Å². The van der Waals surface area contributed by atoms with Crippen LogP contribution in [0.1, 0.15) is 10.4 Å². The summed E-state index contributed by atoms with van der Waals surface area (Å²) in [6, 6.07) is 5.53. The van der Waals surface area contributed by atoms with Gasteiger partial charge in [-0.1, -0.05) is 22.6 Å². The molecular weight excluding hydrogens is 311 g/mol. The lowest BCUT2D eigenvalue weighted by Gasteiger charge is -2.01. The van der Waals surface area contributed by atoms with Crippen molar-refractivity contribution in [3.05, 3.63) is 39.9 Å². The Bertz CT molecular complexity index is 364. The van der Waals surface area contributed by atoms with Crippen molar-refractivity contribution in [3.63, 3.8) is 0 Å². The number of hydrogen-bond donors (Lipinski definition) is 1. The molecule has 15 heavy (non-hydrogen) atoms. The highest BCUT2D eigenvalue weighted by Gasteiger charge is 2.08. The van der Waals surface area contributed by atoms with E-state index >= 15 is 0 Å². The van der Waals surface area contributed by atoms with Gasteiger partial charge in [0, 0.05) is 28.7 Å². The fourth-order valence-electron chi connectivity index (χ4n) is 0.997. The topological polar surface area (TPSA) is 72.2 Å². The van der Waals surface area contributed by atoms with Crippen molar-refractivity contribution >= 4 is 34.2 Å². The molecule has 1 rings (SSSR count). The average molecular weight is 320 g/mol. The second-order valence-corrected chi connectivity index (χ2v) is 3.83. The number of nitro benzene ring substituents is 1. The van der Waals surface area contributed by atoms with Crippen LogP contribution in [0.2, 0.25) is 0 Å². The van der Waals surface area contributed by atoms with Crippen LogP contribution in [0.3, 0.4) is 0 Å². The SMILES string of the molecule is O=C(NCCI)c1ccc([N+](=O)[O-])cc1. The monoisotopic (exact) mass is 320 g/mol. The predicted octanol–water partition coefficient (Wildman–Crippen LogP) is 1.76. The van der Waals surface area contributed by atoms with Gasteiger partial charge in [0.15, 0.2) is 0 Å². The largest absolute Gasteiger partial charge is 0.351 e. The third-order valence-corrected chi connectivity index (χ3v) is 2.26. The van der Waals surface area contributed by atoms with Gasteiger partial charge >= 0.3 is 0 Å². The molecule has 5 nitrogen and oxygen atoms in total. The Hall–Kier alpha value is -1.18. The van der Waals surface area contributed by atoms with Gasteiger partial charge in [-0.2, -0.15) is 0 Å². The Morgan fingerprint density at radius 2 is 2.00 bits per heavy atom. The molecule has 0 saturated heterocycles. The molecule has 1 aromatic rings. The zero-order chi connectivity index (χ0) is 11.3. The highest BCUT2D eigenvalue weighted by Crippen LogP contribution is 2.11. The van der Waals surface area contributed by atoms with Gasteiger partial charge in [0.1, 0.15) is 0 Å². The number of nitrogens with zero attached hydrogens (tertiary/aromatic N) is 1. The smallest absolute Gasteiger partial charge is 0.269 e. The number of rotatable bonds is 4. The van der Waals surface area contributed by atoms with Gasteiger partial charge in [-0.15, -0.1) is 0 Å². The highest BCUT2D eigenvalue weighted by molar-refractivity contribution is 14.1. The minimum Gasteiger partial charge on any atom is -0.351 e. The van der Waals surface area contributed by atoms with Crippen molar-refractivity contribution in [2.45, 2.75) is 0 Å². The molecule has 80 valence electrons. The summed E-state index contributed by atoms with van der Waals surface area (Å²) in [6.45, 7) is 0.594. The van der Waals surface area contributed by atoms with Crippen LogP contribution in [-0.2, 0) is 0 Å². The van der Waals surface area contributed by atoms with Crippen molar-refractivity contribution in [3.8, 4) is 0 Å². The van der Waals surface area contributed by atoms with E-state index in [1.54, 1.807) is 0 Å². The molecule has 0 heterocycles. The maximum absolute atomic E-state index is 11.4. The molecule has 0 aliphatic rings. The predicted molar refractivity (Wildman–Crippen MR) is 64.3 cm³/mol. The average Bonchev–Trinajstić information content (AvgIpc) is 2.26. The number of amides is 1. The van der Waals surface area contributed by atoms with Gasteiger partial charge in [0.2, 0.25) is 0 Å². The van der Waals surface area contributed by atoms with Crippen LogP contribution in [0.4, 0.5) is 5.69 Å². The number of carbonyl (C=O) groups is 1. The van der Waals surface area contributed by atoms with E-state index < -0.39 is 4.92 Å². The fraction of sp³-hybridized carbons (Fsp3) is 0.222. The van der Waals surface area contributed by atoms with Crippen molar-refractivity contribution in [2.24, 2.45) is 0 Å². The third kappa shape index (κ3) is 3.46. The number of non-ortho nitro benzene ring substituents is 1. The standard InChI is InChI=1S/C9H9IN2O3/c10-5-6-11-9(13)7-1-3-8(4-2-7)12(14)15/h1-4H,5-6H2,(H,11,13). The fourth-order valence-corrected chi connectivity index (χ4v) is 1.27. The summed E-state index contributed by atoms with van der Waals surface area (Å²) in [5, 5.41) is 13.0. The maximum atomic E-state index is 11.4. The minimum atomic E-state index is -0.494. The van der Waals surface area contributed by atoms with E-state index in [0.717, 1.165) is 4.43 Å². The summed E-state index contributed by atoms with van der Waals surface area (Å²) in [6.07, 6.45) is 0. The van der Waals surface area contributed by atoms with Crippen LogP contribution >= 0.6 is 22.6 Å². The summed E-state index contributed by atoms with van der Waals surface area (Å²) in [5.41, 5.74) is 0.422. The number of carbonyl (C=O) groups excluding carboxylic acids is 1. The highest BCUT2D eigenvalue weighted by atomic mass is 127. The van der Waals surface area contributed by atoms with Gasteiger partial charge in [0.25, 0.3) is 11.6 Å². The van der Waals surface area contributed by atoms with E-state index in [1.807, 2.05) is 0 Å². The van der Waals surface area contributed by atoms with Crippen LogP contribution in [0, 0.1) is 10.1 Å². The molecule has 0 saturated carbocycles. The first kappa shape index (κ1) is 11.9. The molecule has 1 amide bonds. The molecule has 0 aliphatic carbocycles. The normalized spacial score (nSPS) is 9.67. The van der Waals surface area contributed by atoms with Crippen LogP contribution < -0.4 is 5.32 Å². The summed E-state index contributed by atoms with van der Waals surface area (Å²) in [7, 11) is 0. The lowest BCUT2D eigenvalue weighted by atomic mass is 10.2. The number of alkyl halides is 1.